The largest absolute Gasteiger partial charge is 0.483 e. The fourth-order valence-corrected chi connectivity index (χ4v) is 3.26. The predicted molar refractivity (Wildman–Crippen MR) is 123 cm³/mol. The molecule has 1 aliphatic heterocycles. The Bertz CT molecular complexity index is 975. The van der Waals surface area contributed by atoms with Gasteiger partial charge in [0.2, 0.25) is 0 Å². The van der Waals surface area contributed by atoms with E-state index < -0.39 is 0 Å². The van der Waals surface area contributed by atoms with Crippen LogP contribution in [0.2, 0.25) is 0 Å². The first-order valence-corrected chi connectivity index (χ1v) is 10.4. The minimum Gasteiger partial charge on any atom is -0.483 e. The first kappa shape index (κ1) is 21.6. The van der Waals surface area contributed by atoms with Crippen molar-refractivity contribution in [2.45, 2.75) is 46.1 Å². The number of ether oxygens (including phenoxy) is 2. The van der Waals surface area contributed by atoms with Gasteiger partial charge in [0.05, 0.1) is 6.61 Å². The average molecular weight is 403 g/mol. The summed E-state index contributed by atoms with van der Waals surface area (Å²) in [5.41, 5.74) is 5.19. The first-order valence-electron chi connectivity index (χ1n) is 10.4. The summed E-state index contributed by atoms with van der Waals surface area (Å²) < 4.78 is 11.6. The molecule has 30 heavy (non-hydrogen) atoms. The molecule has 0 saturated carbocycles. The van der Waals surface area contributed by atoms with Crippen molar-refractivity contribution < 1.29 is 14.3 Å². The summed E-state index contributed by atoms with van der Waals surface area (Å²) in [4.78, 5) is 12.1. The third-order valence-corrected chi connectivity index (χ3v) is 4.87. The molecule has 2 aromatic carbocycles. The highest BCUT2D eigenvalue weighted by Crippen LogP contribution is 2.36. The standard InChI is InChI=1S/C27H30O3/c1-20(2)10-12-23-18-22(19-24-14-16-27(3,4)30-26(23)24)11-13-25(28)29-17-15-21-8-6-5-7-9-21/h5-11,13-14,16,18-19H,12,15,17H2,1-4H3/b13-11+. The van der Waals surface area contributed by atoms with E-state index in [-0.39, 0.29) is 11.6 Å². The minimum absolute atomic E-state index is 0.327. The maximum Gasteiger partial charge on any atom is 0.330 e. The Balaban J connectivity index is 1.71. The van der Waals surface area contributed by atoms with Gasteiger partial charge in [-0.25, -0.2) is 4.79 Å². The van der Waals surface area contributed by atoms with Crippen LogP contribution in [0.5, 0.6) is 5.75 Å². The Morgan fingerprint density at radius 1 is 1.13 bits per heavy atom. The van der Waals surface area contributed by atoms with Gasteiger partial charge in [0.15, 0.2) is 0 Å². The molecule has 0 unspecified atom stereocenters. The quantitative estimate of drug-likeness (QED) is 0.315. The normalized spacial score (nSPS) is 14.1. The Morgan fingerprint density at radius 3 is 2.63 bits per heavy atom. The van der Waals surface area contributed by atoms with Gasteiger partial charge in [-0.2, -0.15) is 0 Å². The van der Waals surface area contributed by atoms with Crippen LogP contribution in [0.4, 0.5) is 0 Å². The second-order valence-electron chi connectivity index (χ2n) is 8.36. The molecule has 0 spiro atoms. The highest BCUT2D eigenvalue weighted by molar-refractivity contribution is 5.87. The van der Waals surface area contributed by atoms with Gasteiger partial charge >= 0.3 is 5.97 Å². The van der Waals surface area contributed by atoms with Crippen LogP contribution in [0.1, 0.15) is 49.9 Å². The summed E-state index contributed by atoms with van der Waals surface area (Å²) in [5.74, 6) is 0.588. The van der Waals surface area contributed by atoms with E-state index in [1.165, 1.54) is 11.6 Å². The summed E-state index contributed by atoms with van der Waals surface area (Å²) in [7, 11) is 0. The topological polar surface area (TPSA) is 35.5 Å². The van der Waals surface area contributed by atoms with Crippen LogP contribution in [0.3, 0.4) is 0 Å². The minimum atomic E-state index is -0.331. The van der Waals surface area contributed by atoms with Gasteiger partial charge in [-0.15, -0.1) is 0 Å². The van der Waals surface area contributed by atoms with Crippen molar-refractivity contribution in [1.29, 1.82) is 0 Å². The van der Waals surface area contributed by atoms with Crippen LogP contribution >= 0.6 is 0 Å². The number of hydrogen-bond acceptors (Lipinski definition) is 3. The Morgan fingerprint density at radius 2 is 1.90 bits per heavy atom. The lowest BCUT2D eigenvalue weighted by molar-refractivity contribution is -0.137. The molecule has 0 saturated heterocycles. The van der Waals surface area contributed by atoms with Crippen LogP contribution in [-0.2, 0) is 22.4 Å². The molecule has 1 heterocycles. The molecule has 156 valence electrons. The molecule has 3 rings (SSSR count). The molecule has 0 aromatic heterocycles. The highest BCUT2D eigenvalue weighted by atomic mass is 16.5. The zero-order valence-electron chi connectivity index (χ0n) is 18.3. The molecule has 0 N–H and O–H groups in total. The fourth-order valence-electron chi connectivity index (χ4n) is 3.26. The molecule has 0 amide bonds. The number of hydrogen-bond donors (Lipinski definition) is 0. The highest BCUT2D eigenvalue weighted by Gasteiger charge is 2.24. The summed E-state index contributed by atoms with van der Waals surface area (Å²) in [6.07, 6.45) is 11.2. The van der Waals surface area contributed by atoms with E-state index in [1.54, 1.807) is 0 Å². The lowest BCUT2D eigenvalue weighted by Crippen LogP contribution is -2.28. The van der Waals surface area contributed by atoms with Crippen LogP contribution in [-0.4, -0.2) is 18.2 Å². The summed E-state index contributed by atoms with van der Waals surface area (Å²) in [6, 6.07) is 14.1. The van der Waals surface area contributed by atoms with E-state index in [1.807, 2.05) is 42.5 Å². The summed E-state index contributed by atoms with van der Waals surface area (Å²) in [5, 5.41) is 0. The van der Waals surface area contributed by atoms with Crippen LogP contribution < -0.4 is 4.74 Å². The van der Waals surface area contributed by atoms with Crippen molar-refractivity contribution in [1.82, 2.24) is 0 Å². The molecule has 2 aromatic rings. The molecule has 0 bridgehead atoms. The second kappa shape index (κ2) is 9.62. The van der Waals surface area contributed by atoms with Crippen molar-refractivity contribution in [2.75, 3.05) is 6.61 Å². The third-order valence-electron chi connectivity index (χ3n) is 4.87. The van der Waals surface area contributed by atoms with Crippen molar-refractivity contribution in [3.05, 3.63) is 88.5 Å². The zero-order chi connectivity index (χ0) is 21.6. The van der Waals surface area contributed by atoms with E-state index in [2.05, 4.69) is 52.0 Å². The Kier molecular flexibility index (Phi) is 6.94. The zero-order valence-corrected chi connectivity index (χ0v) is 18.3. The van der Waals surface area contributed by atoms with Crippen molar-refractivity contribution >= 4 is 18.1 Å². The van der Waals surface area contributed by atoms with E-state index in [9.17, 15) is 4.79 Å². The smallest absolute Gasteiger partial charge is 0.330 e. The summed E-state index contributed by atoms with van der Waals surface area (Å²) >= 11 is 0. The van der Waals surface area contributed by atoms with Crippen molar-refractivity contribution in [3.63, 3.8) is 0 Å². The van der Waals surface area contributed by atoms with Gasteiger partial charge in [-0.05, 0) is 75.1 Å². The molecular formula is C27H30O3. The molecule has 1 aliphatic rings. The van der Waals surface area contributed by atoms with Gasteiger partial charge < -0.3 is 9.47 Å². The molecule has 0 fully saturated rings. The average Bonchev–Trinajstić information content (AvgIpc) is 2.71. The van der Waals surface area contributed by atoms with Crippen LogP contribution in [0.15, 0.2) is 66.3 Å². The molecule has 0 atom stereocenters. The van der Waals surface area contributed by atoms with Crippen LogP contribution in [0, 0.1) is 0 Å². The molecule has 3 nitrogen and oxygen atoms in total. The van der Waals surface area contributed by atoms with Gasteiger partial charge in [-0.3, -0.25) is 0 Å². The summed E-state index contributed by atoms with van der Waals surface area (Å²) in [6.45, 7) is 8.65. The number of allylic oxidation sites excluding steroid dienone is 2. The monoisotopic (exact) mass is 402 g/mol. The number of fused-ring (bicyclic) bond motifs is 1. The Hall–Kier alpha value is -3.07. The van der Waals surface area contributed by atoms with Gasteiger partial charge in [0, 0.05) is 18.1 Å². The number of carbonyl (C=O) groups is 1. The van der Waals surface area contributed by atoms with Gasteiger partial charge in [0.1, 0.15) is 11.4 Å². The lowest BCUT2D eigenvalue weighted by Gasteiger charge is -2.29. The van der Waals surface area contributed by atoms with E-state index >= 15 is 0 Å². The van der Waals surface area contributed by atoms with Gasteiger partial charge in [0.25, 0.3) is 0 Å². The maximum atomic E-state index is 12.1. The first-order chi connectivity index (χ1) is 14.3. The number of carbonyl (C=O) groups excluding carboxylic acids is 1. The van der Waals surface area contributed by atoms with Crippen molar-refractivity contribution in [3.8, 4) is 5.75 Å². The van der Waals surface area contributed by atoms with E-state index in [4.69, 9.17) is 9.47 Å². The van der Waals surface area contributed by atoms with E-state index in [0.717, 1.165) is 34.4 Å². The fraction of sp³-hybridized carbons (Fsp3) is 0.296. The molecular weight excluding hydrogens is 372 g/mol. The Labute approximate surface area is 179 Å². The maximum absolute atomic E-state index is 12.1. The number of rotatable bonds is 7. The van der Waals surface area contributed by atoms with E-state index in [0.29, 0.717) is 13.0 Å². The van der Waals surface area contributed by atoms with Crippen molar-refractivity contribution in [2.24, 2.45) is 0 Å². The number of benzene rings is 2. The van der Waals surface area contributed by atoms with Gasteiger partial charge in [-0.1, -0.05) is 48.1 Å². The molecule has 3 heteroatoms. The number of esters is 1. The molecule has 0 radical (unpaired) electrons. The molecule has 0 aliphatic carbocycles. The third kappa shape index (κ3) is 6.21. The SMILES string of the molecule is CC(C)=CCc1cc(/C=C/C(=O)OCCc2ccccc2)cc2c1OC(C)(C)C=C2. The van der Waals surface area contributed by atoms with Crippen LogP contribution in [0.25, 0.3) is 12.2 Å². The second-order valence-corrected chi connectivity index (χ2v) is 8.36. The lowest BCUT2D eigenvalue weighted by atomic mass is 9.95. The predicted octanol–water partition coefficient (Wildman–Crippen LogP) is 6.18.